The third-order valence-electron chi connectivity index (χ3n) is 10.9. The van der Waals surface area contributed by atoms with Gasteiger partial charge >= 0.3 is 0 Å². The Morgan fingerprint density at radius 3 is 0.387 bits per heavy atom. The molecule has 8 nitrogen and oxygen atoms in total. The maximum absolute atomic E-state index is 3.46. The summed E-state index contributed by atoms with van der Waals surface area (Å²) in [6, 6.07) is 86.3. The molecule has 10 rings (SSSR count). The molecule has 10 aromatic rings. The average molecular weight is 1120 g/mol. The molecule has 0 aromatic heterocycles. The number of anilines is 16. The van der Waals surface area contributed by atoms with Gasteiger partial charge in [0.25, 0.3) is 0 Å². The first kappa shape index (κ1) is 59.1. The topological polar surface area (TPSA) is 96.2 Å². The van der Waals surface area contributed by atoms with Crippen molar-refractivity contribution in [3.05, 3.63) is 264 Å². The first-order chi connectivity index (χ1) is 34.4. The van der Waals surface area contributed by atoms with Crippen LogP contribution in [0.15, 0.2) is 264 Å². The molecule has 75 heavy (non-hydrogen) atoms. The molecule has 0 bridgehead atoms. The zero-order chi connectivity index (χ0) is 47.7. The van der Waals surface area contributed by atoms with Gasteiger partial charge in [-0.3, -0.25) is 0 Å². The van der Waals surface area contributed by atoms with Gasteiger partial charge in [0.2, 0.25) is 0 Å². The van der Waals surface area contributed by atoms with E-state index in [-0.39, 0.29) is 37.1 Å². The van der Waals surface area contributed by atoms with Crippen LogP contribution in [0.4, 0.5) is 91.0 Å². The number of nitrogens with one attached hydrogen (secondary N) is 8. The molecule has 0 unspecified atom stereocenters. The van der Waals surface area contributed by atoms with Gasteiger partial charge in [-0.2, -0.15) is 0 Å². The number of rotatable bonds is 16. The summed E-state index contributed by atoms with van der Waals surface area (Å²) in [7, 11) is 0. The summed E-state index contributed by atoms with van der Waals surface area (Å²) in [5, 5.41) is 27.4. The zero-order valence-corrected chi connectivity index (χ0v) is 41.2. The Balaban J connectivity index is 0.000000305. The van der Waals surface area contributed by atoms with Crippen LogP contribution in [0.1, 0.15) is 37.1 Å². The molecule has 0 spiro atoms. The highest BCUT2D eigenvalue weighted by Gasteiger charge is 2.03. The molecule has 0 aliphatic heterocycles. The number of halogens is 2. The van der Waals surface area contributed by atoms with Crippen LogP contribution in [0, 0.1) is 0 Å². The van der Waals surface area contributed by atoms with Crippen LogP contribution in [-0.2, 0) is 0 Å². The molecule has 0 aliphatic carbocycles. The molecule has 0 saturated carbocycles. The molecule has 0 amide bonds. The normalized spacial score (nSPS) is 9.73. The SMILES string of the molecule is Brc1ccc(Nc2ccc(Nc3ccc(Nc4ccc(Nc5ccc(Br)cc5)cc4)cc3)cc2)cc1.C.C.C.C.C.c1ccc(Nc2ccc(Nc3ccc(Nc4ccc(Nc5ccccc5)cc4)cc3)cc2)cc1. The Kier molecular flexibility index (Phi) is 23.6. The first-order valence-electron chi connectivity index (χ1n) is 22.8. The second kappa shape index (κ2) is 29.9. The molecular weight excluding hydrogens is 1050 g/mol. The third-order valence-corrected chi connectivity index (χ3v) is 11.9. The molecule has 0 aliphatic rings. The van der Waals surface area contributed by atoms with E-state index in [4.69, 9.17) is 0 Å². The molecule has 0 heterocycles. The van der Waals surface area contributed by atoms with E-state index < -0.39 is 0 Å². The van der Waals surface area contributed by atoms with Crippen LogP contribution in [-0.4, -0.2) is 0 Å². The molecule has 10 aromatic carbocycles. The largest absolute Gasteiger partial charge is 0.356 e. The van der Waals surface area contributed by atoms with Crippen molar-refractivity contribution in [1.82, 2.24) is 0 Å². The molecule has 384 valence electrons. The highest BCUT2D eigenvalue weighted by atomic mass is 79.9. The van der Waals surface area contributed by atoms with Gasteiger partial charge in [0, 0.05) is 99.9 Å². The lowest BCUT2D eigenvalue weighted by Crippen LogP contribution is -1.94. The minimum Gasteiger partial charge on any atom is -0.356 e. The van der Waals surface area contributed by atoms with Gasteiger partial charge in [0.05, 0.1) is 0 Å². The monoisotopic (exact) mass is 1120 g/mol. The quantitative estimate of drug-likeness (QED) is 0.0485. The fraction of sp³-hybridized carbons (Fsp3) is 0.0769. The molecule has 8 N–H and O–H groups in total. The van der Waals surface area contributed by atoms with E-state index in [0.29, 0.717) is 0 Å². The minimum absolute atomic E-state index is 0. The molecule has 10 heteroatoms. The second-order valence-electron chi connectivity index (χ2n) is 16.2. The molecule has 0 atom stereocenters. The number of hydrogen-bond acceptors (Lipinski definition) is 8. The van der Waals surface area contributed by atoms with E-state index in [0.717, 1.165) is 99.9 Å². The Morgan fingerprint density at radius 2 is 0.253 bits per heavy atom. The van der Waals surface area contributed by atoms with Gasteiger partial charge in [-0.25, -0.2) is 0 Å². The standard InChI is InChI=1S/C30H24Br2N4.C30H26N4.5CH4/c31-21-1-5-23(6-2-21)33-25-9-13-27(14-10-25)35-29-17-19-30(20-18-29)36-28-15-11-26(12-16-28)34-24-7-3-22(32)4-8-24;1-3-7-23(8-4-1)31-25-11-15-27(16-12-25)33-29-19-21-30(22-20-29)34-28-17-13-26(14-18-28)32-24-9-5-2-6-10-24;;;;;/h1-20,33-36H;1-22,31-34H;5*1H4. The fourth-order valence-electron chi connectivity index (χ4n) is 7.26. The van der Waals surface area contributed by atoms with Crippen molar-refractivity contribution in [3.63, 3.8) is 0 Å². The Labute approximate surface area is 463 Å². The van der Waals surface area contributed by atoms with Crippen molar-refractivity contribution in [2.24, 2.45) is 0 Å². The van der Waals surface area contributed by atoms with Gasteiger partial charge in [-0.15, -0.1) is 0 Å². The number of hydrogen-bond donors (Lipinski definition) is 8. The van der Waals surface area contributed by atoms with Crippen LogP contribution in [0.3, 0.4) is 0 Å². The summed E-state index contributed by atoms with van der Waals surface area (Å²) >= 11 is 6.93. The lowest BCUT2D eigenvalue weighted by Gasteiger charge is -2.12. The lowest BCUT2D eigenvalue weighted by molar-refractivity contribution is 1.49. The van der Waals surface area contributed by atoms with E-state index in [1.165, 1.54) is 0 Å². The predicted octanol–water partition coefficient (Wildman–Crippen LogP) is 22.0. The number of benzene rings is 10. The fourth-order valence-corrected chi connectivity index (χ4v) is 7.79. The van der Waals surface area contributed by atoms with E-state index >= 15 is 0 Å². The van der Waals surface area contributed by atoms with Gasteiger partial charge in [0.1, 0.15) is 0 Å². The smallest absolute Gasteiger partial charge is 0.0385 e. The molecular formula is C65H70Br2N8. The van der Waals surface area contributed by atoms with E-state index in [9.17, 15) is 0 Å². The average Bonchev–Trinajstić information content (AvgIpc) is 3.40. The van der Waals surface area contributed by atoms with Crippen molar-refractivity contribution in [2.75, 3.05) is 42.5 Å². The first-order valence-corrected chi connectivity index (χ1v) is 24.4. The second-order valence-corrected chi connectivity index (χ2v) is 18.0. The van der Waals surface area contributed by atoms with E-state index in [1.54, 1.807) is 0 Å². The molecule has 0 saturated heterocycles. The Morgan fingerprint density at radius 1 is 0.147 bits per heavy atom. The van der Waals surface area contributed by atoms with Crippen molar-refractivity contribution in [1.29, 1.82) is 0 Å². The van der Waals surface area contributed by atoms with Gasteiger partial charge in [0.15, 0.2) is 0 Å². The van der Waals surface area contributed by atoms with Crippen molar-refractivity contribution in [2.45, 2.75) is 37.1 Å². The predicted molar refractivity (Wildman–Crippen MR) is 340 cm³/mol. The highest BCUT2D eigenvalue weighted by Crippen LogP contribution is 2.28. The summed E-state index contributed by atoms with van der Waals surface area (Å²) in [5.74, 6) is 0. The lowest BCUT2D eigenvalue weighted by atomic mass is 10.2. The van der Waals surface area contributed by atoms with Gasteiger partial charge < -0.3 is 42.5 Å². The molecule has 0 fully saturated rings. The van der Waals surface area contributed by atoms with Gasteiger partial charge in [-0.1, -0.05) is 105 Å². The summed E-state index contributed by atoms with van der Waals surface area (Å²) in [6.45, 7) is 0. The van der Waals surface area contributed by atoms with Crippen LogP contribution in [0.5, 0.6) is 0 Å². The summed E-state index contributed by atoms with van der Waals surface area (Å²) in [4.78, 5) is 0. The van der Waals surface area contributed by atoms with Gasteiger partial charge in [-0.05, 0) is 218 Å². The summed E-state index contributed by atoms with van der Waals surface area (Å²) in [6.07, 6.45) is 0. The minimum atomic E-state index is 0. The number of para-hydroxylation sites is 2. The maximum atomic E-state index is 3.46. The van der Waals surface area contributed by atoms with E-state index in [2.05, 4.69) is 244 Å². The summed E-state index contributed by atoms with van der Waals surface area (Å²) < 4.78 is 2.13. The van der Waals surface area contributed by atoms with Crippen molar-refractivity contribution >= 4 is 123 Å². The Hall–Kier alpha value is -8.44. The van der Waals surface area contributed by atoms with Crippen LogP contribution in [0.25, 0.3) is 0 Å². The van der Waals surface area contributed by atoms with Crippen molar-refractivity contribution < 1.29 is 0 Å². The summed E-state index contributed by atoms with van der Waals surface area (Å²) in [5.41, 5.74) is 16.7. The van der Waals surface area contributed by atoms with Crippen LogP contribution >= 0.6 is 31.9 Å². The Bertz CT molecular complexity index is 2920. The van der Waals surface area contributed by atoms with Crippen LogP contribution in [0.2, 0.25) is 0 Å². The maximum Gasteiger partial charge on any atom is 0.0385 e. The van der Waals surface area contributed by atoms with Crippen LogP contribution < -0.4 is 42.5 Å². The van der Waals surface area contributed by atoms with E-state index in [1.807, 2.05) is 84.9 Å². The zero-order valence-electron chi connectivity index (χ0n) is 38.0. The third kappa shape index (κ3) is 18.5. The molecule has 0 radical (unpaired) electrons. The van der Waals surface area contributed by atoms with Crippen molar-refractivity contribution in [3.8, 4) is 0 Å². The highest BCUT2D eigenvalue weighted by molar-refractivity contribution is 9.10.